The maximum atomic E-state index is 12.7. The molecule has 18 heavy (non-hydrogen) atoms. The molecule has 98 valence electrons. The minimum atomic E-state index is -0.239. The van der Waals surface area contributed by atoms with Crippen molar-refractivity contribution < 1.29 is 9.29 Å². The lowest BCUT2D eigenvalue weighted by molar-refractivity contribution is -0.886. The third-order valence-corrected chi connectivity index (χ3v) is 3.42. The van der Waals surface area contributed by atoms with Gasteiger partial charge in [-0.1, -0.05) is 0 Å². The maximum absolute atomic E-state index is 12.7. The van der Waals surface area contributed by atoms with E-state index >= 15 is 0 Å². The Morgan fingerprint density at radius 3 is 2.56 bits per heavy atom. The zero-order valence-corrected chi connectivity index (χ0v) is 11.2. The molecule has 0 amide bonds. The molecule has 3 nitrogen and oxygen atoms in total. The van der Waals surface area contributed by atoms with Gasteiger partial charge in [-0.2, -0.15) is 0 Å². The Hall–Kier alpha value is -1.20. The van der Waals surface area contributed by atoms with E-state index in [-0.39, 0.29) is 5.82 Å². The Labute approximate surface area is 112 Å². The number of likely N-dealkylation sites (tertiary alicyclic amines) is 1. The molecule has 3 N–H and O–H groups in total. The van der Waals surface area contributed by atoms with E-state index in [1.165, 1.54) is 38.1 Å². The van der Waals surface area contributed by atoms with Crippen LogP contribution in [0.4, 0.5) is 10.1 Å². The number of halogens is 1. The van der Waals surface area contributed by atoms with E-state index in [1.54, 1.807) is 17.0 Å². The largest absolute Gasteiger partial charge is 0.357 e. The highest BCUT2D eigenvalue weighted by molar-refractivity contribution is 7.80. The van der Waals surface area contributed by atoms with Gasteiger partial charge in [0.05, 0.1) is 26.2 Å². The molecule has 0 saturated carbocycles. The quantitative estimate of drug-likeness (QED) is 0.705. The van der Waals surface area contributed by atoms with Gasteiger partial charge in [0.15, 0.2) is 5.11 Å². The smallest absolute Gasteiger partial charge is 0.170 e. The first kappa shape index (κ1) is 13.2. The molecule has 1 aromatic rings. The minimum Gasteiger partial charge on any atom is -0.357 e. The third kappa shape index (κ3) is 4.23. The summed E-state index contributed by atoms with van der Waals surface area (Å²) in [6.07, 6.45) is 2.68. The van der Waals surface area contributed by atoms with Crippen LogP contribution in [0.5, 0.6) is 0 Å². The Balaban J connectivity index is 1.66. The molecule has 0 spiro atoms. The summed E-state index contributed by atoms with van der Waals surface area (Å²) in [6, 6.07) is 6.18. The van der Waals surface area contributed by atoms with Gasteiger partial charge in [0.25, 0.3) is 0 Å². The standard InChI is InChI=1S/C13H18FN3S/c14-11-3-5-12(6-4-11)16-13(18)15-7-10-17-8-1-2-9-17/h3-6H,1-2,7-10H2,(H2,15,16,18)/p+1. The summed E-state index contributed by atoms with van der Waals surface area (Å²) in [5.74, 6) is -0.239. The van der Waals surface area contributed by atoms with Crippen molar-refractivity contribution >= 4 is 23.0 Å². The fraction of sp³-hybridized carbons (Fsp3) is 0.462. The fourth-order valence-corrected chi connectivity index (χ4v) is 2.41. The third-order valence-electron chi connectivity index (χ3n) is 3.18. The van der Waals surface area contributed by atoms with Crippen molar-refractivity contribution in [3.05, 3.63) is 30.1 Å². The Kier molecular flexibility index (Phi) is 4.90. The van der Waals surface area contributed by atoms with Gasteiger partial charge in [0, 0.05) is 18.5 Å². The average Bonchev–Trinajstić information content (AvgIpc) is 2.85. The number of benzene rings is 1. The number of nitrogens with one attached hydrogen (secondary N) is 3. The van der Waals surface area contributed by atoms with Crippen molar-refractivity contribution in [1.82, 2.24) is 5.32 Å². The van der Waals surface area contributed by atoms with E-state index in [2.05, 4.69) is 10.6 Å². The molecular formula is C13H19FN3S+. The topological polar surface area (TPSA) is 28.5 Å². The minimum absolute atomic E-state index is 0.239. The molecule has 1 aliphatic rings. The van der Waals surface area contributed by atoms with Crippen LogP contribution < -0.4 is 15.5 Å². The molecule has 1 aromatic carbocycles. The Bertz CT molecular complexity index is 388. The average molecular weight is 268 g/mol. The van der Waals surface area contributed by atoms with E-state index in [4.69, 9.17) is 12.2 Å². The molecule has 0 bridgehead atoms. The summed E-state index contributed by atoms with van der Waals surface area (Å²) in [7, 11) is 0. The van der Waals surface area contributed by atoms with Crippen LogP contribution in [0.25, 0.3) is 0 Å². The molecule has 0 unspecified atom stereocenters. The monoisotopic (exact) mass is 268 g/mol. The molecule has 5 heteroatoms. The van der Waals surface area contributed by atoms with Crippen molar-refractivity contribution in [1.29, 1.82) is 0 Å². The highest BCUT2D eigenvalue weighted by atomic mass is 32.1. The number of quaternary nitrogens is 1. The van der Waals surface area contributed by atoms with Crippen LogP contribution in [-0.4, -0.2) is 31.3 Å². The van der Waals surface area contributed by atoms with Gasteiger partial charge in [0.1, 0.15) is 5.82 Å². The number of rotatable bonds is 4. The first-order valence-electron chi connectivity index (χ1n) is 6.38. The predicted molar refractivity (Wildman–Crippen MR) is 75.4 cm³/mol. The van der Waals surface area contributed by atoms with Gasteiger partial charge >= 0.3 is 0 Å². The first-order chi connectivity index (χ1) is 8.74. The molecule has 0 aliphatic carbocycles. The SMILES string of the molecule is Fc1ccc(NC(=S)NCC[NH+]2CCCC2)cc1. The molecule has 1 heterocycles. The molecule has 1 fully saturated rings. The Morgan fingerprint density at radius 2 is 1.89 bits per heavy atom. The summed E-state index contributed by atoms with van der Waals surface area (Å²) in [6.45, 7) is 4.53. The van der Waals surface area contributed by atoms with Crippen LogP contribution in [-0.2, 0) is 0 Å². The van der Waals surface area contributed by atoms with Crippen molar-refractivity contribution in [2.75, 3.05) is 31.5 Å². The van der Waals surface area contributed by atoms with Gasteiger partial charge in [-0.25, -0.2) is 4.39 Å². The lowest BCUT2D eigenvalue weighted by atomic mass is 10.3. The van der Waals surface area contributed by atoms with E-state index in [1.807, 2.05) is 0 Å². The fourth-order valence-electron chi connectivity index (χ4n) is 2.19. The lowest BCUT2D eigenvalue weighted by Crippen LogP contribution is -3.10. The summed E-state index contributed by atoms with van der Waals surface area (Å²) in [5, 5.41) is 6.81. The van der Waals surface area contributed by atoms with Crippen molar-refractivity contribution in [3.8, 4) is 0 Å². The first-order valence-corrected chi connectivity index (χ1v) is 6.79. The molecule has 1 saturated heterocycles. The van der Waals surface area contributed by atoms with E-state index in [0.717, 1.165) is 18.8 Å². The summed E-state index contributed by atoms with van der Waals surface area (Å²) in [5.41, 5.74) is 0.808. The van der Waals surface area contributed by atoms with Gasteiger partial charge in [-0.3, -0.25) is 0 Å². The molecule has 1 aliphatic heterocycles. The summed E-state index contributed by atoms with van der Waals surface area (Å²) < 4.78 is 12.7. The van der Waals surface area contributed by atoms with E-state index in [0.29, 0.717) is 5.11 Å². The highest BCUT2D eigenvalue weighted by Crippen LogP contribution is 2.07. The van der Waals surface area contributed by atoms with Crippen molar-refractivity contribution in [3.63, 3.8) is 0 Å². The zero-order chi connectivity index (χ0) is 12.8. The van der Waals surface area contributed by atoms with Crippen LogP contribution >= 0.6 is 12.2 Å². The second-order valence-corrected chi connectivity index (χ2v) is 5.00. The van der Waals surface area contributed by atoms with Crippen molar-refractivity contribution in [2.24, 2.45) is 0 Å². The number of thiocarbonyl (C=S) groups is 1. The summed E-state index contributed by atoms with van der Waals surface area (Å²) >= 11 is 5.18. The highest BCUT2D eigenvalue weighted by Gasteiger charge is 2.14. The predicted octanol–water partition coefficient (Wildman–Crippen LogP) is 0.791. The van der Waals surface area contributed by atoms with Gasteiger partial charge < -0.3 is 15.5 Å². The maximum Gasteiger partial charge on any atom is 0.170 e. The zero-order valence-electron chi connectivity index (χ0n) is 10.3. The normalized spacial score (nSPS) is 15.6. The van der Waals surface area contributed by atoms with Gasteiger partial charge in [-0.15, -0.1) is 0 Å². The molecular weight excluding hydrogens is 249 g/mol. The molecule has 0 atom stereocenters. The Morgan fingerprint density at radius 1 is 1.22 bits per heavy atom. The van der Waals surface area contributed by atoms with Gasteiger partial charge in [0.2, 0.25) is 0 Å². The van der Waals surface area contributed by atoms with Crippen LogP contribution in [0.15, 0.2) is 24.3 Å². The molecule has 0 aromatic heterocycles. The number of hydrogen-bond donors (Lipinski definition) is 3. The van der Waals surface area contributed by atoms with E-state index < -0.39 is 0 Å². The van der Waals surface area contributed by atoms with Crippen LogP contribution in [0.1, 0.15) is 12.8 Å². The summed E-state index contributed by atoms with van der Waals surface area (Å²) in [4.78, 5) is 1.65. The second kappa shape index (κ2) is 6.66. The van der Waals surface area contributed by atoms with Crippen LogP contribution in [0.2, 0.25) is 0 Å². The molecule has 0 radical (unpaired) electrons. The molecule has 2 rings (SSSR count). The van der Waals surface area contributed by atoms with Crippen LogP contribution in [0, 0.1) is 5.82 Å². The second-order valence-electron chi connectivity index (χ2n) is 4.59. The lowest BCUT2D eigenvalue weighted by Gasteiger charge is -2.14. The van der Waals surface area contributed by atoms with Gasteiger partial charge in [-0.05, 0) is 36.5 Å². The van der Waals surface area contributed by atoms with E-state index in [9.17, 15) is 4.39 Å². The number of hydrogen-bond acceptors (Lipinski definition) is 1. The van der Waals surface area contributed by atoms with Crippen molar-refractivity contribution in [2.45, 2.75) is 12.8 Å². The number of anilines is 1. The van der Waals surface area contributed by atoms with Crippen LogP contribution in [0.3, 0.4) is 0 Å².